The average Bonchev–Trinajstić information content (AvgIpc) is 2.41. The van der Waals surface area contributed by atoms with Crippen molar-refractivity contribution >= 4 is 17.5 Å². The number of rotatable bonds is 5. The van der Waals surface area contributed by atoms with Crippen LogP contribution in [-0.2, 0) is 0 Å². The van der Waals surface area contributed by atoms with Gasteiger partial charge in [0, 0.05) is 12.2 Å². The van der Waals surface area contributed by atoms with Gasteiger partial charge in [-0.05, 0) is 43.0 Å². The molecule has 5 heteroatoms. The van der Waals surface area contributed by atoms with Crippen molar-refractivity contribution in [3.05, 3.63) is 35.5 Å². The molecule has 0 saturated carbocycles. The van der Waals surface area contributed by atoms with E-state index in [2.05, 4.69) is 65.6 Å². The predicted octanol–water partition coefficient (Wildman–Crippen LogP) is 3.30. The molecule has 0 aliphatic carbocycles. The zero-order chi connectivity index (χ0) is 14.5. The molecule has 1 heterocycles. The summed E-state index contributed by atoms with van der Waals surface area (Å²) in [5.41, 5.74) is 3.52. The first-order chi connectivity index (χ1) is 9.54. The number of nitrogens with zero attached hydrogens (tertiary/aromatic N) is 3. The monoisotopic (exact) mass is 271 g/mol. The van der Waals surface area contributed by atoms with E-state index in [0.29, 0.717) is 17.7 Å². The summed E-state index contributed by atoms with van der Waals surface area (Å²) in [4.78, 5) is 4.40. The van der Waals surface area contributed by atoms with Gasteiger partial charge in [-0.3, -0.25) is 0 Å². The molecule has 0 unspecified atom stereocenters. The summed E-state index contributed by atoms with van der Waals surface area (Å²) < 4.78 is 0. The van der Waals surface area contributed by atoms with E-state index in [0.717, 1.165) is 12.2 Å². The topological polar surface area (TPSA) is 62.7 Å². The zero-order valence-corrected chi connectivity index (χ0v) is 12.4. The van der Waals surface area contributed by atoms with E-state index in [1.165, 1.54) is 11.1 Å². The van der Waals surface area contributed by atoms with Crippen LogP contribution in [0.3, 0.4) is 0 Å². The lowest BCUT2D eigenvalue weighted by Crippen LogP contribution is -2.11. The third-order valence-electron chi connectivity index (χ3n) is 3.01. The summed E-state index contributed by atoms with van der Waals surface area (Å²) in [6.07, 6.45) is 1.62. The number of nitrogens with one attached hydrogen (secondary N) is 2. The third-order valence-corrected chi connectivity index (χ3v) is 3.01. The minimum Gasteiger partial charge on any atom is -0.353 e. The number of benzene rings is 1. The Hall–Kier alpha value is -2.17. The summed E-state index contributed by atoms with van der Waals surface area (Å²) in [6.45, 7) is 9.29. The fraction of sp³-hybridized carbons (Fsp3) is 0.400. The van der Waals surface area contributed by atoms with Gasteiger partial charge in [-0.1, -0.05) is 19.9 Å². The number of aromatic nitrogens is 3. The first kappa shape index (κ1) is 14.2. The Labute approximate surface area is 119 Å². The van der Waals surface area contributed by atoms with E-state index in [1.807, 2.05) is 6.07 Å². The van der Waals surface area contributed by atoms with Crippen LogP contribution < -0.4 is 10.6 Å². The summed E-state index contributed by atoms with van der Waals surface area (Å²) in [5, 5.41) is 14.3. The summed E-state index contributed by atoms with van der Waals surface area (Å²) in [7, 11) is 0. The van der Waals surface area contributed by atoms with Gasteiger partial charge in [-0.25, -0.2) is 0 Å². The largest absolute Gasteiger partial charge is 0.353 e. The van der Waals surface area contributed by atoms with Gasteiger partial charge in [0.05, 0.1) is 6.20 Å². The van der Waals surface area contributed by atoms with Crippen LogP contribution in [0.15, 0.2) is 24.4 Å². The van der Waals surface area contributed by atoms with Crippen molar-refractivity contribution in [3.8, 4) is 0 Å². The lowest BCUT2D eigenvalue weighted by molar-refractivity contribution is 0.682. The number of anilines is 3. The van der Waals surface area contributed by atoms with Crippen molar-refractivity contribution in [3.63, 3.8) is 0 Å². The van der Waals surface area contributed by atoms with Crippen LogP contribution in [0.4, 0.5) is 17.5 Å². The van der Waals surface area contributed by atoms with Crippen molar-refractivity contribution in [1.29, 1.82) is 0 Å². The van der Waals surface area contributed by atoms with Crippen molar-refractivity contribution in [2.24, 2.45) is 5.92 Å². The molecule has 2 N–H and O–H groups in total. The summed E-state index contributed by atoms with van der Waals surface area (Å²) >= 11 is 0. The van der Waals surface area contributed by atoms with Gasteiger partial charge in [-0.2, -0.15) is 10.1 Å². The quantitative estimate of drug-likeness (QED) is 0.873. The van der Waals surface area contributed by atoms with Gasteiger partial charge >= 0.3 is 0 Å². The van der Waals surface area contributed by atoms with E-state index >= 15 is 0 Å². The number of hydrogen-bond donors (Lipinski definition) is 2. The SMILES string of the molecule is Cc1ccc(Nc2cnnc(NCC(C)C)n2)cc1C. The normalized spacial score (nSPS) is 10.7. The number of hydrogen-bond acceptors (Lipinski definition) is 5. The highest BCUT2D eigenvalue weighted by atomic mass is 15.3. The Morgan fingerprint density at radius 2 is 1.95 bits per heavy atom. The molecular weight excluding hydrogens is 250 g/mol. The van der Waals surface area contributed by atoms with E-state index in [-0.39, 0.29) is 0 Å². The molecular formula is C15H21N5. The Balaban J connectivity index is 2.08. The first-order valence-corrected chi connectivity index (χ1v) is 6.82. The van der Waals surface area contributed by atoms with E-state index in [1.54, 1.807) is 6.20 Å². The summed E-state index contributed by atoms with van der Waals surface area (Å²) in [5.74, 6) is 1.78. The van der Waals surface area contributed by atoms with Crippen LogP contribution in [0.25, 0.3) is 0 Å². The smallest absolute Gasteiger partial charge is 0.244 e. The van der Waals surface area contributed by atoms with Crippen molar-refractivity contribution in [2.45, 2.75) is 27.7 Å². The molecule has 1 aromatic heterocycles. The molecule has 0 spiro atoms. The molecule has 0 bridgehead atoms. The van der Waals surface area contributed by atoms with Gasteiger partial charge in [0.15, 0.2) is 5.82 Å². The predicted molar refractivity (Wildman–Crippen MR) is 82.4 cm³/mol. The highest BCUT2D eigenvalue weighted by Gasteiger charge is 2.03. The molecule has 106 valence electrons. The number of aryl methyl sites for hydroxylation is 2. The molecule has 1 aromatic carbocycles. The second-order valence-corrected chi connectivity index (χ2v) is 5.36. The van der Waals surface area contributed by atoms with Crippen LogP contribution in [0.2, 0.25) is 0 Å². The van der Waals surface area contributed by atoms with Crippen LogP contribution >= 0.6 is 0 Å². The first-order valence-electron chi connectivity index (χ1n) is 6.82. The average molecular weight is 271 g/mol. The van der Waals surface area contributed by atoms with Crippen molar-refractivity contribution in [1.82, 2.24) is 15.2 Å². The Morgan fingerprint density at radius 1 is 1.15 bits per heavy atom. The van der Waals surface area contributed by atoms with Gasteiger partial charge < -0.3 is 10.6 Å². The maximum Gasteiger partial charge on any atom is 0.244 e. The zero-order valence-electron chi connectivity index (χ0n) is 12.4. The minimum absolute atomic E-state index is 0.537. The minimum atomic E-state index is 0.537. The van der Waals surface area contributed by atoms with Crippen LogP contribution in [-0.4, -0.2) is 21.7 Å². The van der Waals surface area contributed by atoms with Crippen molar-refractivity contribution < 1.29 is 0 Å². The maximum atomic E-state index is 4.40. The molecule has 20 heavy (non-hydrogen) atoms. The Bertz CT molecular complexity index is 580. The van der Waals surface area contributed by atoms with E-state index < -0.39 is 0 Å². The molecule has 5 nitrogen and oxygen atoms in total. The molecule has 0 fully saturated rings. The molecule has 2 rings (SSSR count). The molecule has 0 radical (unpaired) electrons. The molecule has 0 amide bonds. The maximum absolute atomic E-state index is 4.40. The second-order valence-electron chi connectivity index (χ2n) is 5.36. The van der Waals surface area contributed by atoms with Crippen LogP contribution in [0, 0.1) is 19.8 Å². The van der Waals surface area contributed by atoms with Gasteiger partial charge in [0.1, 0.15) is 0 Å². The van der Waals surface area contributed by atoms with Crippen molar-refractivity contribution in [2.75, 3.05) is 17.2 Å². The third kappa shape index (κ3) is 3.91. The second kappa shape index (κ2) is 6.32. The Kier molecular flexibility index (Phi) is 4.50. The van der Waals surface area contributed by atoms with E-state index in [9.17, 15) is 0 Å². The standard InChI is InChI=1S/C15H21N5/c1-10(2)8-16-15-19-14(9-17-20-15)18-13-6-5-11(3)12(4)7-13/h5-7,9-10H,8H2,1-4H3,(H2,16,18,19,20). The van der Waals surface area contributed by atoms with Crippen LogP contribution in [0.5, 0.6) is 0 Å². The Morgan fingerprint density at radius 3 is 2.65 bits per heavy atom. The molecule has 0 saturated heterocycles. The lowest BCUT2D eigenvalue weighted by atomic mass is 10.1. The lowest BCUT2D eigenvalue weighted by Gasteiger charge is -2.10. The van der Waals surface area contributed by atoms with Crippen LogP contribution in [0.1, 0.15) is 25.0 Å². The van der Waals surface area contributed by atoms with Gasteiger partial charge in [0.2, 0.25) is 5.95 Å². The van der Waals surface area contributed by atoms with Gasteiger partial charge in [0.25, 0.3) is 0 Å². The highest BCUT2D eigenvalue weighted by molar-refractivity contribution is 5.57. The molecule has 0 aliphatic rings. The van der Waals surface area contributed by atoms with Gasteiger partial charge in [-0.15, -0.1) is 5.10 Å². The molecule has 2 aromatic rings. The van der Waals surface area contributed by atoms with E-state index in [4.69, 9.17) is 0 Å². The fourth-order valence-electron chi connectivity index (χ4n) is 1.70. The molecule has 0 atom stereocenters. The fourth-order valence-corrected chi connectivity index (χ4v) is 1.70. The highest BCUT2D eigenvalue weighted by Crippen LogP contribution is 2.18. The summed E-state index contributed by atoms with van der Waals surface area (Å²) in [6, 6.07) is 6.22. The molecule has 0 aliphatic heterocycles.